The Morgan fingerprint density at radius 2 is 2.19 bits per heavy atom. The Morgan fingerprint density at radius 1 is 1.44 bits per heavy atom. The fourth-order valence-corrected chi connectivity index (χ4v) is 2.62. The molecule has 0 fully saturated rings. The van der Waals surface area contributed by atoms with Gasteiger partial charge >= 0.3 is 0 Å². The molecule has 0 radical (unpaired) electrons. The molecule has 1 atom stereocenters. The minimum atomic E-state index is 0.107. The number of nitrogens with zero attached hydrogens (tertiary/aromatic N) is 1. The first-order chi connectivity index (χ1) is 7.72. The van der Waals surface area contributed by atoms with Crippen molar-refractivity contribution in [3.8, 4) is 0 Å². The summed E-state index contributed by atoms with van der Waals surface area (Å²) < 4.78 is 5.30. The van der Waals surface area contributed by atoms with Crippen LogP contribution in [0.5, 0.6) is 0 Å². The zero-order valence-corrected chi connectivity index (χ0v) is 11.5. The Bertz CT molecular complexity index is 312. The highest BCUT2D eigenvalue weighted by atomic mass is 32.1. The van der Waals surface area contributed by atoms with Crippen molar-refractivity contribution in [1.82, 2.24) is 10.3 Å². The first-order valence-electron chi connectivity index (χ1n) is 5.94. The molecular weight excluding hydrogens is 220 g/mol. The maximum atomic E-state index is 5.30. The summed E-state index contributed by atoms with van der Waals surface area (Å²) in [5, 5.41) is 4.52. The van der Waals surface area contributed by atoms with Gasteiger partial charge in [-0.2, -0.15) is 0 Å². The highest BCUT2D eigenvalue weighted by molar-refractivity contribution is 7.11. The van der Waals surface area contributed by atoms with E-state index in [0.29, 0.717) is 0 Å². The molecule has 0 aromatic carbocycles. The molecular formula is C12H22N2OS. The predicted molar refractivity (Wildman–Crippen MR) is 68.9 cm³/mol. The summed E-state index contributed by atoms with van der Waals surface area (Å²) in [5.74, 6) is 0. The van der Waals surface area contributed by atoms with Gasteiger partial charge in [-0.25, -0.2) is 4.98 Å². The minimum Gasteiger partial charge on any atom is -0.375 e. The quantitative estimate of drug-likeness (QED) is 0.747. The molecule has 0 spiro atoms. The molecule has 1 N–H and O–H groups in total. The normalized spacial score (nSPS) is 13.0. The molecule has 16 heavy (non-hydrogen) atoms. The van der Waals surface area contributed by atoms with Crippen LogP contribution < -0.4 is 5.32 Å². The zero-order valence-electron chi connectivity index (χ0n) is 10.7. The average Bonchev–Trinajstić information content (AvgIpc) is 2.72. The van der Waals surface area contributed by atoms with Crippen molar-refractivity contribution in [1.29, 1.82) is 0 Å². The van der Waals surface area contributed by atoms with Gasteiger partial charge in [0.15, 0.2) is 0 Å². The Kier molecular flexibility index (Phi) is 5.95. The largest absolute Gasteiger partial charge is 0.375 e. The van der Waals surface area contributed by atoms with Gasteiger partial charge in [-0.3, -0.25) is 0 Å². The second-order valence-electron chi connectivity index (χ2n) is 3.83. The predicted octanol–water partition coefficient (Wildman–Crippen LogP) is 2.91. The third-order valence-corrected chi connectivity index (χ3v) is 3.80. The van der Waals surface area contributed by atoms with Crippen LogP contribution in [0.2, 0.25) is 0 Å². The van der Waals surface area contributed by atoms with Crippen LogP contribution in [0.1, 0.15) is 48.9 Å². The van der Waals surface area contributed by atoms with Gasteiger partial charge in [0.1, 0.15) is 11.1 Å². The van der Waals surface area contributed by atoms with Gasteiger partial charge < -0.3 is 10.1 Å². The Morgan fingerprint density at radius 3 is 2.75 bits per heavy atom. The lowest BCUT2D eigenvalue weighted by atomic mass is 10.3. The zero-order chi connectivity index (χ0) is 12.0. The lowest BCUT2D eigenvalue weighted by Gasteiger charge is -2.03. The molecule has 1 unspecified atom stereocenters. The summed E-state index contributed by atoms with van der Waals surface area (Å²) in [5.41, 5.74) is 1.22. The van der Waals surface area contributed by atoms with Crippen molar-refractivity contribution < 1.29 is 4.74 Å². The van der Waals surface area contributed by atoms with Crippen molar-refractivity contribution in [2.75, 3.05) is 13.7 Å². The summed E-state index contributed by atoms with van der Waals surface area (Å²) in [7, 11) is 1.73. The van der Waals surface area contributed by atoms with E-state index in [1.807, 2.05) is 6.92 Å². The van der Waals surface area contributed by atoms with E-state index in [2.05, 4.69) is 24.1 Å². The fourth-order valence-electron chi connectivity index (χ4n) is 1.47. The molecule has 1 rings (SSSR count). The van der Waals surface area contributed by atoms with Gasteiger partial charge in [0, 0.05) is 18.5 Å². The molecule has 3 nitrogen and oxygen atoms in total. The summed E-state index contributed by atoms with van der Waals surface area (Å²) in [6, 6.07) is 0. The lowest BCUT2D eigenvalue weighted by Crippen LogP contribution is -2.13. The van der Waals surface area contributed by atoms with E-state index in [0.717, 1.165) is 24.5 Å². The van der Waals surface area contributed by atoms with Crippen molar-refractivity contribution in [2.45, 2.75) is 46.3 Å². The molecule has 1 aromatic rings. The van der Waals surface area contributed by atoms with Crippen LogP contribution in [0, 0.1) is 0 Å². The van der Waals surface area contributed by atoms with E-state index in [4.69, 9.17) is 4.74 Å². The first kappa shape index (κ1) is 13.6. The molecule has 0 saturated heterocycles. The second-order valence-corrected chi connectivity index (χ2v) is 4.95. The average molecular weight is 242 g/mol. The van der Waals surface area contributed by atoms with Crippen LogP contribution in [-0.4, -0.2) is 18.6 Å². The number of rotatable bonds is 7. The Hall–Kier alpha value is -0.450. The number of aryl methyl sites for hydroxylation is 1. The molecule has 0 aliphatic heterocycles. The Balaban J connectivity index is 2.70. The van der Waals surface area contributed by atoms with Gasteiger partial charge in [-0.1, -0.05) is 13.8 Å². The van der Waals surface area contributed by atoms with Crippen LogP contribution in [0.4, 0.5) is 0 Å². The van der Waals surface area contributed by atoms with Crippen LogP contribution in [0.25, 0.3) is 0 Å². The van der Waals surface area contributed by atoms with E-state index in [1.165, 1.54) is 17.0 Å². The molecule has 1 aromatic heterocycles. The number of nitrogens with one attached hydrogen (secondary N) is 1. The van der Waals surface area contributed by atoms with Gasteiger partial charge in [0.05, 0.1) is 5.69 Å². The first-order valence-corrected chi connectivity index (χ1v) is 6.76. The number of hydrogen-bond donors (Lipinski definition) is 1. The topological polar surface area (TPSA) is 34.1 Å². The van der Waals surface area contributed by atoms with Crippen molar-refractivity contribution >= 4 is 11.3 Å². The van der Waals surface area contributed by atoms with E-state index in [1.54, 1.807) is 18.4 Å². The molecule has 92 valence electrons. The molecule has 0 saturated carbocycles. The smallest absolute Gasteiger partial charge is 0.122 e. The number of aromatic nitrogens is 1. The third kappa shape index (κ3) is 3.54. The van der Waals surface area contributed by atoms with Crippen LogP contribution in [-0.2, 0) is 17.7 Å². The SMILES string of the molecule is CCCNCc1sc(C(C)OC)nc1CC. The van der Waals surface area contributed by atoms with Crippen molar-refractivity contribution in [3.05, 3.63) is 15.6 Å². The molecule has 0 amide bonds. The fraction of sp³-hybridized carbons (Fsp3) is 0.750. The maximum absolute atomic E-state index is 5.30. The highest BCUT2D eigenvalue weighted by Gasteiger charge is 2.13. The number of methoxy groups -OCH3 is 1. The molecule has 1 heterocycles. The van der Waals surface area contributed by atoms with E-state index in [-0.39, 0.29) is 6.10 Å². The van der Waals surface area contributed by atoms with E-state index in [9.17, 15) is 0 Å². The van der Waals surface area contributed by atoms with Crippen molar-refractivity contribution in [2.24, 2.45) is 0 Å². The summed E-state index contributed by atoms with van der Waals surface area (Å²) >= 11 is 1.77. The van der Waals surface area contributed by atoms with Crippen LogP contribution in [0.15, 0.2) is 0 Å². The maximum Gasteiger partial charge on any atom is 0.122 e. The monoisotopic (exact) mass is 242 g/mol. The molecule has 4 heteroatoms. The number of thiazole rings is 1. The lowest BCUT2D eigenvalue weighted by molar-refractivity contribution is 0.119. The van der Waals surface area contributed by atoms with Gasteiger partial charge in [0.25, 0.3) is 0 Å². The van der Waals surface area contributed by atoms with Crippen molar-refractivity contribution in [3.63, 3.8) is 0 Å². The van der Waals surface area contributed by atoms with Gasteiger partial charge in [-0.05, 0) is 26.3 Å². The van der Waals surface area contributed by atoms with E-state index >= 15 is 0 Å². The van der Waals surface area contributed by atoms with E-state index < -0.39 is 0 Å². The summed E-state index contributed by atoms with van der Waals surface area (Å²) in [4.78, 5) is 5.99. The van der Waals surface area contributed by atoms with Crippen LogP contribution in [0.3, 0.4) is 0 Å². The number of hydrogen-bond acceptors (Lipinski definition) is 4. The second kappa shape index (κ2) is 6.99. The molecule has 0 aliphatic carbocycles. The number of ether oxygens (including phenoxy) is 1. The highest BCUT2D eigenvalue weighted by Crippen LogP contribution is 2.25. The Labute approximate surface area is 102 Å². The van der Waals surface area contributed by atoms with Gasteiger partial charge in [-0.15, -0.1) is 11.3 Å². The standard InChI is InChI=1S/C12H22N2OS/c1-5-7-13-8-11-10(6-2)14-12(16-11)9(3)15-4/h9,13H,5-8H2,1-4H3. The summed E-state index contributed by atoms with van der Waals surface area (Å²) in [6.07, 6.45) is 2.27. The van der Waals surface area contributed by atoms with Gasteiger partial charge in [0.2, 0.25) is 0 Å². The summed E-state index contributed by atoms with van der Waals surface area (Å²) in [6.45, 7) is 8.38. The van der Waals surface area contributed by atoms with Crippen LogP contribution >= 0.6 is 11.3 Å². The molecule has 0 aliphatic rings. The minimum absolute atomic E-state index is 0.107. The third-order valence-electron chi connectivity index (χ3n) is 2.54. The molecule has 0 bridgehead atoms.